The van der Waals surface area contributed by atoms with Gasteiger partial charge in [-0.05, 0) is 90.0 Å². The summed E-state index contributed by atoms with van der Waals surface area (Å²) < 4.78 is 100. The molecule has 0 aliphatic carbocycles. The Kier molecular flexibility index (Phi) is 14.4. The summed E-state index contributed by atoms with van der Waals surface area (Å²) in [5.74, 6) is -1.10. The average Bonchev–Trinajstić information content (AvgIpc) is 3.21. The third-order valence-corrected chi connectivity index (χ3v) is 9.43. The second kappa shape index (κ2) is 19.4. The SMILES string of the molecule is COC(=O)c1ccc(COc2c(-c3cccc(C(F)(F)F)c3)cc(C(=O)NCCCCCCCCc3ccccc3)cc2-c2cccc(C(F)(F)F)c2)cc1OC. The largest absolute Gasteiger partial charge is 0.496 e. The summed E-state index contributed by atoms with van der Waals surface area (Å²) in [4.78, 5) is 25.9. The molecule has 6 nitrogen and oxygen atoms in total. The lowest BCUT2D eigenvalue weighted by Crippen LogP contribution is -2.24. The first-order chi connectivity index (χ1) is 27.3. The van der Waals surface area contributed by atoms with Gasteiger partial charge in [0.25, 0.3) is 5.91 Å². The summed E-state index contributed by atoms with van der Waals surface area (Å²) in [5, 5.41) is 2.87. The number of rotatable bonds is 17. The molecule has 0 saturated heterocycles. The molecule has 0 unspecified atom stereocenters. The van der Waals surface area contributed by atoms with Crippen molar-refractivity contribution in [1.82, 2.24) is 5.32 Å². The van der Waals surface area contributed by atoms with E-state index in [4.69, 9.17) is 14.2 Å². The van der Waals surface area contributed by atoms with E-state index >= 15 is 0 Å². The van der Waals surface area contributed by atoms with Gasteiger partial charge in [0.05, 0.1) is 25.3 Å². The molecular formula is C45H43F6NO5. The Morgan fingerprint density at radius 3 is 1.75 bits per heavy atom. The van der Waals surface area contributed by atoms with Gasteiger partial charge in [-0.25, -0.2) is 4.79 Å². The minimum Gasteiger partial charge on any atom is -0.496 e. The molecule has 0 heterocycles. The Balaban J connectivity index is 1.45. The second-order valence-corrected chi connectivity index (χ2v) is 13.5. The van der Waals surface area contributed by atoms with Crippen LogP contribution >= 0.6 is 0 Å². The Labute approximate surface area is 327 Å². The zero-order valence-electron chi connectivity index (χ0n) is 31.6. The van der Waals surface area contributed by atoms with E-state index in [1.54, 1.807) is 6.07 Å². The fraction of sp³-hybridized carbons (Fsp3) is 0.289. The number of aryl methyl sites for hydroxylation is 1. The van der Waals surface area contributed by atoms with Gasteiger partial charge in [-0.3, -0.25) is 4.79 Å². The summed E-state index contributed by atoms with van der Waals surface area (Å²) in [5.41, 5.74) is 0.127. The summed E-state index contributed by atoms with van der Waals surface area (Å²) >= 11 is 0. The number of carbonyl (C=O) groups excluding carboxylic acids is 2. The maximum Gasteiger partial charge on any atom is 0.416 e. The van der Waals surface area contributed by atoms with Gasteiger partial charge in [-0.15, -0.1) is 0 Å². The number of halogens is 6. The number of hydrogen-bond acceptors (Lipinski definition) is 5. The number of amides is 1. The van der Waals surface area contributed by atoms with Crippen molar-refractivity contribution in [2.75, 3.05) is 20.8 Å². The second-order valence-electron chi connectivity index (χ2n) is 13.5. The number of carbonyl (C=O) groups is 2. The molecule has 5 aromatic carbocycles. The van der Waals surface area contributed by atoms with E-state index in [9.17, 15) is 35.9 Å². The smallest absolute Gasteiger partial charge is 0.416 e. The van der Waals surface area contributed by atoms with Crippen LogP contribution in [-0.2, 0) is 30.1 Å². The molecule has 0 aromatic heterocycles. The fourth-order valence-corrected chi connectivity index (χ4v) is 6.44. The summed E-state index contributed by atoms with van der Waals surface area (Å²) in [6, 6.07) is 26.3. The lowest BCUT2D eigenvalue weighted by molar-refractivity contribution is -0.138. The molecule has 0 fully saturated rings. The van der Waals surface area contributed by atoms with E-state index in [0.29, 0.717) is 18.5 Å². The third kappa shape index (κ3) is 11.6. The highest BCUT2D eigenvalue weighted by atomic mass is 19.4. The number of unbranched alkanes of at least 4 members (excludes halogenated alkanes) is 5. The number of nitrogens with one attached hydrogen (secondary N) is 1. The average molecular weight is 792 g/mol. The van der Waals surface area contributed by atoms with E-state index in [2.05, 4.69) is 17.4 Å². The molecule has 0 radical (unpaired) electrons. The predicted octanol–water partition coefficient (Wildman–Crippen LogP) is 11.7. The molecule has 300 valence electrons. The van der Waals surface area contributed by atoms with Crippen LogP contribution in [0.5, 0.6) is 11.5 Å². The lowest BCUT2D eigenvalue weighted by atomic mass is 9.92. The lowest BCUT2D eigenvalue weighted by Gasteiger charge is -2.20. The van der Waals surface area contributed by atoms with E-state index < -0.39 is 35.4 Å². The molecule has 57 heavy (non-hydrogen) atoms. The van der Waals surface area contributed by atoms with Crippen LogP contribution in [0.4, 0.5) is 26.3 Å². The summed E-state index contributed by atoms with van der Waals surface area (Å²) in [7, 11) is 2.56. The maximum absolute atomic E-state index is 14.0. The molecule has 0 saturated carbocycles. The van der Waals surface area contributed by atoms with Crippen molar-refractivity contribution in [2.24, 2.45) is 0 Å². The number of ether oxygens (including phenoxy) is 3. The van der Waals surface area contributed by atoms with Crippen molar-refractivity contribution >= 4 is 11.9 Å². The van der Waals surface area contributed by atoms with Crippen LogP contribution in [0.25, 0.3) is 22.3 Å². The number of hydrogen-bond donors (Lipinski definition) is 1. The normalized spacial score (nSPS) is 11.6. The molecule has 0 aliphatic rings. The standard InChI is InChI=1S/C45H43F6NO5/c1-55-40-24-31(21-22-37(40)43(54)56-2)29-57-41-38(32-17-12-19-35(25-32)44(46,47)48)27-34(28-39(41)33-18-13-20-36(26-33)45(49,50)51)42(53)52-23-11-6-4-3-5-8-14-30-15-9-7-10-16-30/h7,9-10,12-13,15-22,24-28H,3-6,8,11,14,23,29H2,1-2H3,(H,52,53). The summed E-state index contributed by atoms with van der Waals surface area (Å²) in [6.45, 7) is 0.0792. The zero-order valence-corrected chi connectivity index (χ0v) is 31.6. The molecule has 0 bridgehead atoms. The Morgan fingerprint density at radius 1 is 0.614 bits per heavy atom. The topological polar surface area (TPSA) is 73.9 Å². The van der Waals surface area contributed by atoms with Gasteiger partial charge in [0.1, 0.15) is 23.7 Å². The van der Waals surface area contributed by atoms with Crippen LogP contribution in [0.1, 0.15) is 81.5 Å². The van der Waals surface area contributed by atoms with Crippen molar-refractivity contribution in [2.45, 2.75) is 63.9 Å². The number of benzene rings is 5. The van der Waals surface area contributed by atoms with Crippen molar-refractivity contribution < 1.29 is 50.1 Å². The third-order valence-electron chi connectivity index (χ3n) is 9.43. The van der Waals surface area contributed by atoms with Gasteiger partial charge < -0.3 is 19.5 Å². The first kappa shape index (κ1) is 42.4. The van der Waals surface area contributed by atoms with E-state index in [1.165, 1.54) is 68.3 Å². The van der Waals surface area contributed by atoms with Crippen LogP contribution in [0.15, 0.2) is 109 Å². The zero-order chi connectivity index (χ0) is 41.0. The minimum atomic E-state index is -4.71. The van der Waals surface area contributed by atoms with E-state index in [-0.39, 0.29) is 51.5 Å². The first-order valence-corrected chi connectivity index (χ1v) is 18.5. The number of alkyl halides is 6. The van der Waals surface area contributed by atoms with Gasteiger partial charge in [0, 0.05) is 23.2 Å². The fourth-order valence-electron chi connectivity index (χ4n) is 6.44. The molecule has 5 rings (SSSR count). The quantitative estimate of drug-likeness (QED) is 0.0577. The molecule has 1 amide bonds. The molecule has 12 heteroatoms. The van der Waals surface area contributed by atoms with Crippen molar-refractivity contribution in [3.8, 4) is 33.8 Å². The number of esters is 1. The minimum absolute atomic E-state index is 0.0205. The van der Waals surface area contributed by atoms with Crippen LogP contribution in [0.3, 0.4) is 0 Å². The Hall–Kier alpha value is -5.78. The van der Waals surface area contributed by atoms with Crippen LogP contribution in [0, 0.1) is 0 Å². The van der Waals surface area contributed by atoms with E-state index in [1.807, 2.05) is 18.2 Å². The van der Waals surface area contributed by atoms with Crippen LogP contribution in [0.2, 0.25) is 0 Å². The molecule has 5 aromatic rings. The predicted molar refractivity (Wildman–Crippen MR) is 206 cm³/mol. The van der Waals surface area contributed by atoms with Crippen LogP contribution in [-0.4, -0.2) is 32.6 Å². The van der Waals surface area contributed by atoms with Gasteiger partial charge in [0.15, 0.2) is 0 Å². The maximum atomic E-state index is 14.0. The van der Waals surface area contributed by atoms with Gasteiger partial charge in [-0.1, -0.05) is 86.3 Å². The monoisotopic (exact) mass is 791 g/mol. The van der Waals surface area contributed by atoms with Gasteiger partial charge in [0.2, 0.25) is 0 Å². The van der Waals surface area contributed by atoms with Crippen molar-refractivity contribution in [3.05, 3.63) is 143 Å². The highest BCUT2D eigenvalue weighted by molar-refractivity contribution is 5.99. The van der Waals surface area contributed by atoms with Crippen molar-refractivity contribution in [1.29, 1.82) is 0 Å². The van der Waals surface area contributed by atoms with Crippen LogP contribution < -0.4 is 14.8 Å². The highest BCUT2D eigenvalue weighted by Crippen LogP contribution is 2.44. The van der Waals surface area contributed by atoms with Gasteiger partial charge >= 0.3 is 18.3 Å². The van der Waals surface area contributed by atoms with E-state index in [0.717, 1.165) is 62.8 Å². The molecule has 0 aliphatic heterocycles. The molecular weight excluding hydrogens is 748 g/mol. The highest BCUT2D eigenvalue weighted by Gasteiger charge is 2.32. The molecule has 0 atom stereocenters. The molecule has 0 spiro atoms. The Morgan fingerprint density at radius 2 is 1.19 bits per heavy atom. The number of methoxy groups -OCH3 is 2. The Bertz CT molecular complexity index is 2050. The van der Waals surface area contributed by atoms with Gasteiger partial charge in [-0.2, -0.15) is 26.3 Å². The summed E-state index contributed by atoms with van der Waals surface area (Å²) in [6.07, 6.45) is -2.66. The van der Waals surface area contributed by atoms with Crippen molar-refractivity contribution in [3.63, 3.8) is 0 Å². The first-order valence-electron chi connectivity index (χ1n) is 18.5. The molecule has 1 N–H and O–H groups in total.